The number of urea groups is 1. The summed E-state index contributed by atoms with van der Waals surface area (Å²) in [5.41, 5.74) is 0.629. The van der Waals surface area contributed by atoms with Gasteiger partial charge in [-0.1, -0.05) is 11.8 Å². The third-order valence-electron chi connectivity index (χ3n) is 2.91. The van der Waals surface area contributed by atoms with Crippen LogP contribution in [0.3, 0.4) is 0 Å². The number of carbonyl (C=O) groups is 3. The van der Waals surface area contributed by atoms with Crippen molar-refractivity contribution < 1.29 is 19.1 Å². The summed E-state index contributed by atoms with van der Waals surface area (Å²) < 4.78 is 5.56. The molecular weight excluding hydrogens is 326 g/mol. The van der Waals surface area contributed by atoms with Crippen LogP contribution in [0.2, 0.25) is 0 Å². The van der Waals surface area contributed by atoms with Gasteiger partial charge in [0.25, 0.3) is 0 Å². The van der Waals surface area contributed by atoms with Gasteiger partial charge >= 0.3 is 12.0 Å². The van der Waals surface area contributed by atoms with Gasteiger partial charge in [0.05, 0.1) is 24.0 Å². The molecule has 7 nitrogen and oxygen atoms in total. The van der Waals surface area contributed by atoms with Gasteiger partial charge in [-0.15, -0.1) is 11.3 Å². The van der Waals surface area contributed by atoms with E-state index in [2.05, 4.69) is 10.3 Å². The molecule has 0 spiro atoms. The van der Waals surface area contributed by atoms with Gasteiger partial charge in [-0.3, -0.25) is 14.5 Å². The lowest BCUT2D eigenvalue weighted by molar-refractivity contribution is -0.142. The Bertz CT molecular complexity index is 575. The maximum atomic E-state index is 12.2. The van der Waals surface area contributed by atoms with Crippen LogP contribution in [0.5, 0.6) is 0 Å². The predicted molar refractivity (Wildman–Crippen MR) is 82.9 cm³/mol. The van der Waals surface area contributed by atoms with Crippen LogP contribution in [0.4, 0.5) is 4.79 Å². The SMILES string of the molecule is CCOC(=O)Cc1csc(SC(C)C(=O)N2CCNC2=O)n1. The van der Waals surface area contributed by atoms with Crippen LogP contribution >= 0.6 is 23.1 Å². The molecule has 3 amide bonds. The predicted octanol–water partition coefficient (Wildman–Crippen LogP) is 1.28. The molecule has 1 saturated heterocycles. The van der Waals surface area contributed by atoms with Gasteiger partial charge in [0.15, 0.2) is 4.34 Å². The zero-order valence-electron chi connectivity index (χ0n) is 12.3. The highest BCUT2D eigenvalue weighted by Crippen LogP contribution is 2.28. The van der Waals surface area contributed by atoms with Crippen molar-refractivity contribution in [3.63, 3.8) is 0 Å². The number of rotatable bonds is 6. The highest BCUT2D eigenvalue weighted by Gasteiger charge is 2.30. The average Bonchev–Trinajstić information content (AvgIpc) is 3.07. The second-order valence-electron chi connectivity index (χ2n) is 4.57. The second kappa shape index (κ2) is 7.59. The molecular formula is C13H17N3O4S2. The summed E-state index contributed by atoms with van der Waals surface area (Å²) in [5, 5.41) is 3.96. The standard InChI is InChI=1S/C13H17N3O4S2/c1-3-20-10(17)6-9-7-21-13(15-9)22-8(2)11(18)16-5-4-14-12(16)19/h7-8H,3-6H2,1-2H3,(H,14,19). The van der Waals surface area contributed by atoms with E-state index in [-0.39, 0.29) is 24.3 Å². The molecule has 9 heteroatoms. The van der Waals surface area contributed by atoms with Gasteiger partial charge in [-0.05, 0) is 13.8 Å². The first-order chi connectivity index (χ1) is 10.5. The van der Waals surface area contributed by atoms with E-state index >= 15 is 0 Å². The third kappa shape index (κ3) is 4.20. The number of thioether (sulfide) groups is 1. The van der Waals surface area contributed by atoms with E-state index in [0.717, 1.165) is 0 Å². The molecule has 1 atom stereocenters. The minimum atomic E-state index is -0.412. The molecule has 1 aliphatic rings. The molecule has 2 rings (SSSR count). The molecule has 120 valence electrons. The molecule has 0 bridgehead atoms. The van der Waals surface area contributed by atoms with Crippen molar-refractivity contribution in [1.29, 1.82) is 0 Å². The maximum absolute atomic E-state index is 12.2. The highest BCUT2D eigenvalue weighted by atomic mass is 32.2. The topological polar surface area (TPSA) is 88.6 Å². The summed E-state index contributed by atoms with van der Waals surface area (Å²) in [6.07, 6.45) is 0.127. The number of nitrogens with one attached hydrogen (secondary N) is 1. The molecule has 0 saturated carbocycles. The van der Waals surface area contributed by atoms with Gasteiger partial charge in [0, 0.05) is 18.5 Å². The lowest BCUT2D eigenvalue weighted by Crippen LogP contribution is -2.38. The fraction of sp³-hybridized carbons (Fsp3) is 0.538. The number of amides is 3. The van der Waals surface area contributed by atoms with Crippen LogP contribution in [0, 0.1) is 0 Å². The van der Waals surface area contributed by atoms with Gasteiger partial charge in [0.2, 0.25) is 5.91 Å². The molecule has 0 aliphatic carbocycles. The van der Waals surface area contributed by atoms with Crippen molar-refractivity contribution in [2.24, 2.45) is 0 Å². The number of nitrogens with zero attached hydrogens (tertiary/aromatic N) is 2. The summed E-state index contributed by atoms with van der Waals surface area (Å²) in [6, 6.07) is -0.348. The van der Waals surface area contributed by atoms with Crippen LogP contribution in [0.1, 0.15) is 19.5 Å². The lowest BCUT2D eigenvalue weighted by atomic mass is 10.3. The van der Waals surface area contributed by atoms with Gasteiger partial charge in [-0.2, -0.15) is 0 Å². The minimum Gasteiger partial charge on any atom is -0.466 e. The number of hydrogen-bond acceptors (Lipinski definition) is 7. The van der Waals surface area contributed by atoms with E-state index in [4.69, 9.17) is 4.74 Å². The van der Waals surface area contributed by atoms with Crippen molar-refractivity contribution >= 4 is 41.0 Å². The Kier molecular flexibility index (Phi) is 5.78. The molecule has 0 aromatic carbocycles. The van der Waals surface area contributed by atoms with Crippen molar-refractivity contribution in [1.82, 2.24) is 15.2 Å². The molecule has 0 radical (unpaired) electrons. The van der Waals surface area contributed by atoms with E-state index in [1.165, 1.54) is 28.0 Å². The minimum absolute atomic E-state index is 0.127. The zero-order valence-corrected chi connectivity index (χ0v) is 14.0. The van der Waals surface area contributed by atoms with E-state index in [0.29, 0.717) is 29.7 Å². The Morgan fingerprint density at radius 1 is 1.59 bits per heavy atom. The van der Waals surface area contributed by atoms with Crippen LogP contribution < -0.4 is 5.32 Å². The fourth-order valence-electron chi connectivity index (χ4n) is 1.89. The lowest BCUT2D eigenvalue weighted by Gasteiger charge is -2.16. The average molecular weight is 343 g/mol. The van der Waals surface area contributed by atoms with Crippen LogP contribution in [0.25, 0.3) is 0 Å². The first-order valence-corrected chi connectivity index (χ1v) is 8.63. The summed E-state index contributed by atoms with van der Waals surface area (Å²) in [6.45, 7) is 4.72. The highest BCUT2D eigenvalue weighted by molar-refractivity contribution is 8.02. The molecule has 1 aliphatic heterocycles. The van der Waals surface area contributed by atoms with Crippen LogP contribution in [0.15, 0.2) is 9.72 Å². The quantitative estimate of drug-likeness (QED) is 0.618. The number of thiazole rings is 1. The van der Waals surface area contributed by atoms with Gasteiger partial charge < -0.3 is 10.1 Å². The summed E-state index contributed by atoms with van der Waals surface area (Å²) in [7, 11) is 0. The molecule has 1 aromatic heterocycles. The van der Waals surface area contributed by atoms with Crippen molar-refractivity contribution in [3.05, 3.63) is 11.1 Å². The van der Waals surface area contributed by atoms with Crippen LogP contribution in [-0.4, -0.2) is 52.7 Å². The van der Waals surface area contributed by atoms with E-state index in [1.54, 1.807) is 19.2 Å². The molecule has 2 heterocycles. The molecule has 1 unspecified atom stereocenters. The second-order valence-corrected chi connectivity index (χ2v) is 7.01. The largest absolute Gasteiger partial charge is 0.466 e. The number of imide groups is 1. The Balaban J connectivity index is 1.90. The Morgan fingerprint density at radius 2 is 2.36 bits per heavy atom. The Labute approximate surface area is 136 Å². The fourth-order valence-corrected chi connectivity index (χ4v) is 3.93. The Morgan fingerprint density at radius 3 is 3.00 bits per heavy atom. The van der Waals surface area contributed by atoms with Crippen molar-refractivity contribution in [3.8, 4) is 0 Å². The van der Waals surface area contributed by atoms with Crippen molar-refractivity contribution in [2.45, 2.75) is 29.9 Å². The van der Waals surface area contributed by atoms with E-state index < -0.39 is 5.25 Å². The van der Waals surface area contributed by atoms with Crippen molar-refractivity contribution in [2.75, 3.05) is 19.7 Å². The van der Waals surface area contributed by atoms with E-state index in [1.807, 2.05) is 0 Å². The first-order valence-electron chi connectivity index (χ1n) is 6.87. The molecule has 1 fully saturated rings. The van der Waals surface area contributed by atoms with Gasteiger partial charge in [0.1, 0.15) is 0 Å². The molecule has 1 N–H and O–H groups in total. The number of hydrogen-bond donors (Lipinski definition) is 1. The molecule has 1 aromatic rings. The number of aromatic nitrogens is 1. The van der Waals surface area contributed by atoms with Crippen LogP contribution in [-0.2, 0) is 20.7 Å². The Hall–Kier alpha value is -1.61. The number of ether oxygens (including phenoxy) is 1. The summed E-state index contributed by atoms with van der Waals surface area (Å²) in [5.74, 6) is -0.552. The smallest absolute Gasteiger partial charge is 0.324 e. The zero-order chi connectivity index (χ0) is 16.1. The van der Waals surface area contributed by atoms with E-state index in [9.17, 15) is 14.4 Å². The monoisotopic (exact) mass is 343 g/mol. The first kappa shape index (κ1) is 16.8. The maximum Gasteiger partial charge on any atom is 0.324 e. The van der Waals surface area contributed by atoms with Gasteiger partial charge in [-0.25, -0.2) is 9.78 Å². The normalized spacial score (nSPS) is 15.5. The third-order valence-corrected chi connectivity index (χ3v) is 5.02. The number of esters is 1. The summed E-state index contributed by atoms with van der Waals surface area (Å²) in [4.78, 5) is 40.6. The number of carbonyl (C=O) groups excluding carboxylic acids is 3. The molecule has 22 heavy (non-hydrogen) atoms. The summed E-state index contributed by atoms with van der Waals surface area (Å²) >= 11 is 2.66.